The van der Waals surface area contributed by atoms with Crippen molar-refractivity contribution in [3.05, 3.63) is 29.3 Å². The summed E-state index contributed by atoms with van der Waals surface area (Å²) in [7, 11) is -3.71. The van der Waals surface area contributed by atoms with Crippen LogP contribution in [0.3, 0.4) is 0 Å². The number of rotatable bonds is 5. The topological polar surface area (TPSA) is 51.2 Å². The molecule has 0 radical (unpaired) electrons. The van der Waals surface area contributed by atoms with Gasteiger partial charge in [-0.1, -0.05) is 43.7 Å². The maximum atomic E-state index is 12.8. The summed E-state index contributed by atoms with van der Waals surface area (Å²) in [5.74, 6) is 0.148. The van der Waals surface area contributed by atoms with Crippen LogP contribution in [0.15, 0.2) is 29.2 Å². The van der Waals surface area contributed by atoms with Crippen LogP contribution >= 0.6 is 11.6 Å². The normalized spacial score (nSPS) is 17.4. The van der Waals surface area contributed by atoms with Gasteiger partial charge in [-0.25, -0.2) is 8.42 Å². The van der Waals surface area contributed by atoms with E-state index in [1.54, 1.807) is 0 Å². The van der Waals surface area contributed by atoms with Crippen molar-refractivity contribution >= 4 is 27.2 Å². The number of hydrogen-bond acceptors (Lipinski definition) is 3. The highest BCUT2D eigenvalue weighted by atomic mass is 35.5. The number of hydrogen-bond donors (Lipinski definition) is 0. The molecule has 1 aliphatic rings. The van der Waals surface area contributed by atoms with Gasteiger partial charge in [0.2, 0.25) is 0 Å². The first kappa shape index (κ1) is 17.5. The molecule has 3 nitrogen and oxygen atoms in total. The number of Topliss-reactive ketones (excluding diaryl/α,β-unsaturated/α-hetero) is 1. The fourth-order valence-electron chi connectivity index (χ4n) is 2.96. The molecule has 1 saturated carbocycles. The molecule has 1 aromatic carbocycles. The van der Waals surface area contributed by atoms with E-state index in [1.165, 1.54) is 44.5 Å². The molecule has 22 heavy (non-hydrogen) atoms. The monoisotopic (exact) mass is 342 g/mol. The van der Waals surface area contributed by atoms with Crippen molar-refractivity contribution in [3.8, 4) is 0 Å². The predicted molar refractivity (Wildman–Crippen MR) is 88.9 cm³/mol. The highest BCUT2D eigenvalue weighted by molar-refractivity contribution is 7.93. The van der Waals surface area contributed by atoms with Crippen LogP contribution in [0, 0.1) is 5.92 Å². The van der Waals surface area contributed by atoms with Crippen molar-refractivity contribution in [2.45, 2.75) is 62.0 Å². The number of carbonyl (C=O) groups is 1. The molecule has 5 heteroatoms. The van der Waals surface area contributed by atoms with Gasteiger partial charge in [0.15, 0.2) is 15.6 Å². The zero-order valence-electron chi connectivity index (χ0n) is 13.1. The van der Waals surface area contributed by atoms with Crippen molar-refractivity contribution in [2.75, 3.05) is 0 Å². The molecule has 0 atom stereocenters. The van der Waals surface area contributed by atoms with E-state index in [4.69, 9.17) is 11.6 Å². The summed E-state index contributed by atoms with van der Waals surface area (Å²) < 4.78 is 24.2. The van der Waals surface area contributed by atoms with Crippen molar-refractivity contribution in [1.82, 2.24) is 0 Å². The van der Waals surface area contributed by atoms with Gasteiger partial charge in [-0.2, -0.15) is 0 Å². The molecule has 0 bridgehead atoms. The van der Waals surface area contributed by atoms with Crippen LogP contribution in [0.2, 0.25) is 5.02 Å². The van der Waals surface area contributed by atoms with E-state index in [0.717, 1.165) is 25.7 Å². The standard InChI is InChI=1S/C17H23ClO3S/c1-17(2,16(19)12-13-6-4-3-5-7-13)22(20,21)15-10-8-14(18)9-11-15/h8-11,13H,3-7,12H2,1-2H3. The third-order valence-electron chi connectivity index (χ3n) is 4.67. The fourth-order valence-corrected chi connectivity index (χ4v) is 4.55. The molecule has 1 aliphatic carbocycles. The number of halogens is 1. The lowest BCUT2D eigenvalue weighted by atomic mass is 9.84. The zero-order chi connectivity index (χ0) is 16.4. The summed E-state index contributed by atoms with van der Waals surface area (Å²) in [6.45, 7) is 3.03. The Labute approximate surface area is 138 Å². The van der Waals surface area contributed by atoms with E-state index in [1.807, 2.05) is 0 Å². The molecule has 122 valence electrons. The Bertz CT molecular complexity index is 626. The molecule has 0 unspecified atom stereocenters. The molecule has 0 N–H and O–H groups in total. The van der Waals surface area contributed by atoms with Crippen LogP contribution in [0.1, 0.15) is 52.4 Å². The van der Waals surface area contributed by atoms with Gasteiger partial charge in [-0.05, 0) is 44.0 Å². The molecule has 0 heterocycles. The molecular weight excluding hydrogens is 320 g/mol. The van der Waals surface area contributed by atoms with E-state index in [9.17, 15) is 13.2 Å². The van der Waals surface area contributed by atoms with Crippen LogP contribution in [0.25, 0.3) is 0 Å². The quantitative estimate of drug-likeness (QED) is 0.795. The highest BCUT2D eigenvalue weighted by Gasteiger charge is 2.42. The maximum Gasteiger partial charge on any atom is 0.190 e. The summed E-state index contributed by atoms with van der Waals surface area (Å²) in [4.78, 5) is 12.8. The van der Waals surface area contributed by atoms with E-state index in [0.29, 0.717) is 17.4 Å². The van der Waals surface area contributed by atoms with Gasteiger partial charge in [0.25, 0.3) is 0 Å². The summed E-state index contributed by atoms with van der Waals surface area (Å²) in [6.07, 6.45) is 5.92. The molecule has 0 amide bonds. The first-order valence-corrected chi connectivity index (χ1v) is 9.65. The smallest absolute Gasteiger partial charge is 0.190 e. The first-order valence-electron chi connectivity index (χ1n) is 7.78. The number of ketones is 1. The Kier molecular flexibility index (Phi) is 5.33. The second-order valence-corrected chi connectivity index (χ2v) is 9.53. The number of carbonyl (C=O) groups excluding carboxylic acids is 1. The average Bonchev–Trinajstić information content (AvgIpc) is 2.48. The minimum absolute atomic E-state index is 0.152. The molecule has 0 saturated heterocycles. The second kappa shape index (κ2) is 6.71. The Balaban J connectivity index is 2.19. The first-order chi connectivity index (χ1) is 10.2. The van der Waals surface area contributed by atoms with Crippen LogP contribution in [0.4, 0.5) is 0 Å². The maximum absolute atomic E-state index is 12.8. The summed E-state index contributed by atoms with van der Waals surface area (Å²) >= 11 is 5.81. The molecule has 0 aliphatic heterocycles. The second-order valence-electron chi connectivity index (χ2n) is 6.60. The SMILES string of the molecule is CC(C)(C(=O)CC1CCCCC1)S(=O)(=O)c1ccc(Cl)cc1. The zero-order valence-corrected chi connectivity index (χ0v) is 14.7. The fraction of sp³-hybridized carbons (Fsp3) is 0.588. The third-order valence-corrected chi connectivity index (χ3v) is 7.38. The number of benzene rings is 1. The van der Waals surface area contributed by atoms with E-state index < -0.39 is 14.6 Å². The molecule has 1 fully saturated rings. The summed E-state index contributed by atoms with van der Waals surface area (Å²) in [5, 5.41) is 0.477. The Hall–Kier alpha value is -0.870. The van der Waals surface area contributed by atoms with Crippen LogP contribution < -0.4 is 0 Å². The summed E-state index contributed by atoms with van der Waals surface area (Å²) in [6, 6.07) is 6.01. The van der Waals surface area contributed by atoms with Crippen molar-refractivity contribution in [1.29, 1.82) is 0 Å². The van der Waals surface area contributed by atoms with Gasteiger partial charge in [0.05, 0.1) is 4.90 Å². The van der Waals surface area contributed by atoms with Gasteiger partial charge in [0.1, 0.15) is 4.75 Å². The van der Waals surface area contributed by atoms with Gasteiger partial charge >= 0.3 is 0 Å². The van der Waals surface area contributed by atoms with Crippen molar-refractivity contribution in [3.63, 3.8) is 0 Å². The Morgan fingerprint density at radius 2 is 1.68 bits per heavy atom. The molecule has 0 spiro atoms. The third kappa shape index (κ3) is 3.54. The van der Waals surface area contributed by atoms with E-state index >= 15 is 0 Å². The summed E-state index contributed by atoms with van der Waals surface area (Å²) in [5.41, 5.74) is 0. The van der Waals surface area contributed by atoms with Gasteiger partial charge in [-0.3, -0.25) is 4.79 Å². The lowest BCUT2D eigenvalue weighted by molar-refractivity contribution is -0.121. The van der Waals surface area contributed by atoms with Gasteiger partial charge < -0.3 is 0 Å². The molecule has 0 aromatic heterocycles. The van der Waals surface area contributed by atoms with Gasteiger partial charge in [0, 0.05) is 11.4 Å². The van der Waals surface area contributed by atoms with E-state index in [-0.39, 0.29) is 10.7 Å². The molecular formula is C17H23ClO3S. The van der Waals surface area contributed by atoms with Crippen LogP contribution in [-0.2, 0) is 14.6 Å². The average molecular weight is 343 g/mol. The highest BCUT2D eigenvalue weighted by Crippen LogP contribution is 2.33. The Morgan fingerprint density at radius 3 is 2.23 bits per heavy atom. The van der Waals surface area contributed by atoms with Gasteiger partial charge in [-0.15, -0.1) is 0 Å². The lowest BCUT2D eigenvalue weighted by Crippen LogP contribution is -2.41. The minimum atomic E-state index is -3.71. The van der Waals surface area contributed by atoms with E-state index in [2.05, 4.69) is 0 Å². The predicted octanol–water partition coefficient (Wildman–Crippen LogP) is 4.43. The Morgan fingerprint density at radius 1 is 1.14 bits per heavy atom. The minimum Gasteiger partial charge on any atom is -0.298 e. The van der Waals surface area contributed by atoms with Crippen LogP contribution in [-0.4, -0.2) is 18.9 Å². The lowest BCUT2D eigenvalue weighted by Gasteiger charge is -2.27. The molecule has 2 rings (SSSR count). The largest absolute Gasteiger partial charge is 0.298 e. The van der Waals surface area contributed by atoms with Crippen molar-refractivity contribution in [2.24, 2.45) is 5.92 Å². The molecule has 1 aromatic rings. The van der Waals surface area contributed by atoms with Crippen molar-refractivity contribution < 1.29 is 13.2 Å². The van der Waals surface area contributed by atoms with Crippen LogP contribution in [0.5, 0.6) is 0 Å². The number of sulfone groups is 1.